The third kappa shape index (κ3) is 4.12. The fourth-order valence-electron chi connectivity index (χ4n) is 3.75. The second kappa shape index (κ2) is 10.1. The zero-order valence-corrected chi connectivity index (χ0v) is 16.3. The van der Waals surface area contributed by atoms with Crippen molar-refractivity contribution in [3.05, 3.63) is 121 Å². The summed E-state index contributed by atoms with van der Waals surface area (Å²) >= 11 is 0. The summed E-state index contributed by atoms with van der Waals surface area (Å²) in [5, 5.41) is 5.66. The van der Waals surface area contributed by atoms with Crippen LogP contribution in [0.5, 0.6) is 0 Å². The Morgan fingerprint density at radius 2 is 0.519 bits per heavy atom. The van der Waals surface area contributed by atoms with Crippen molar-refractivity contribution in [3.63, 3.8) is 0 Å². The van der Waals surface area contributed by atoms with Gasteiger partial charge in [-0.25, -0.2) is 0 Å². The molecule has 0 aliphatic heterocycles. The van der Waals surface area contributed by atoms with Crippen LogP contribution in [0.15, 0.2) is 121 Å². The Hall–Kier alpha value is -1.63. The van der Waals surface area contributed by atoms with Gasteiger partial charge in [-0.3, -0.25) is 0 Å². The molecule has 4 aromatic rings. The Kier molecular flexibility index (Phi) is 8.07. The molecule has 134 valence electrons. The third-order valence-corrected chi connectivity index (χ3v) is 9.62. The quantitative estimate of drug-likeness (QED) is 0.361. The summed E-state index contributed by atoms with van der Waals surface area (Å²) in [6, 6.07) is 44.0. The number of hydrogen-bond acceptors (Lipinski definition) is 0. The maximum atomic E-state index is 2.29. The second-order valence-corrected chi connectivity index (χ2v) is 10.0. The number of benzene rings is 4. The van der Waals surface area contributed by atoms with Crippen LogP contribution in [-0.4, -0.2) is 23.1 Å². The van der Waals surface area contributed by atoms with E-state index in [1.807, 2.05) is 0 Å². The van der Waals surface area contributed by atoms with Gasteiger partial charge >= 0.3 is 173 Å². The molecule has 0 nitrogen and oxygen atoms in total. The van der Waals surface area contributed by atoms with Crippen molar-refractivity contribution in [2.75, 3.05) is 0 Å². The molecule has 0 fully saturated rings. The summed E-state index contributed by atoms with van der Waals surface area (Å²) in [4.78, 5) is 0. The first-order valence-electron chi connectivity index (χ1n) is 8.64. The van der Waals surface area contributed by atoms with Crippen LogP contribution in [-0.2, 0) is 0 Å². The standard InChI is InChI=1S/C24H21P.ClH.Mg.2H/c1-5-13-21(14-6-1)25(22-15-7-2-8-16-22,23-17-9-3-10-18-23)24-19-11-4-12-20-24;;;;/h1-20,25H;1H;;;. The van der Waals surface area contributed by atoms with Gasteiger partial charge in [0, 0.05) is 0 Å². The first kappa shape index (κ1) is 21.7. The van der Waals surface area contributed by atoms with Crippen molar-refractivity contribution in [3.8, 4) is 0 Å². The Morgan fingerprint density at radius 3 is 0.704 bits per heavy atom. The molecule has 0 aliphatic rings. The van der Waals surface area contributed by atoms with Crippen LogP contribution >= 0.6 is 19.7 Å². The van der Waals surface area contributed by atoms with Crippen molar-refractivity contribution in [1.29, 1.82) is 0 Å². The summed E-state index contributed by atoms with van der Waals surface area (Å²) in [7, 11) is -2.30. The average Bonchev–Trinajstić information content (AvgIpc) is 2.72. The first-order chi connectivity index (χ1) is 12.4. The Labute approximate surface area is 184 Å². The molecule has 0 aliphatic carbocycles. The van der Waals surface area contributed by atoms with E-state index in [2.05, 4.69) is 121 Å². The van der Waals surface area contributed by atoms with Crippen molar-refractivity contribution < 1.29 is 0 Å². The number of halogens is 1. The molecule has 0 N–H and O–H groups in total. The molecule has 0 unspecified atom stereocenters. The molecule has 0 heterocycles. The monoisotopic (exact) mass is 402 g/mol. The summed E-state index contributed by atoms with van der Waals surface area (Å²) in [5.74, 6) is 0. The molecule has 4 aromatic carbocycles. The Bertz CT molecular complexity index is 765. The topological polar surface area (TPSA) is 0 Å². The van der Waals surface area contributed by atoms with E-state index in [1.165, 1.54) is 21.2 Å². The van der Waals surface area contributed by atoms with Crippen LogP contribution in [0.3, 0.4) is 0 Å². The predicted octanol–water partition coefficient (Wildman–Crippen LogP) is 3.54. The normalized spacial score (nSPS) is 11.0. The summed E-state index contributed by atoms with van der Waals surface area (Å²) < 4.78 is 0. The van der Waals surface area contributed by atoms with Crippen molar-refractivity contribution in [1.82, 2.24) is 0 Å². The Morgan fingerprint density at radius 1 is 0.333 bits per heavy atom. The third-order valence-electron chi connectivity index (χ3n) is 4.83. The van der Waals surface area contributed by atoms with E-state index in [9.17, 15) is 0 Å². The van der Waals surface area contributed by atoms with Crippen molar-refractivity contribution in [2.45, 2.75) is 0 Å². The summed E-state index contributed by atoms with van der Waals surface area (Å²) in [6.07, 6.45) is 0. The molecule has 0 spiro atoms. The molecule has 3 heteroatoms. The number of hydrogen-bond donors (Lipinski definition) is 0. The molecule has 27 heavy (non-hydrogen) atoms. The minimum absolute atomic E-state index is 0. The van der Waals surface area contributed by atoms with E-state index in [-0.39, 0.29) is 35.5 Å². The maximum absolute atomic E-state index is 2.30. The first-order valence-corrected chi connectivity index (χ1v) is 10.6. The fraction of sp³-hybridized carbons (Fsp3) is 0. The molecule has 0 atom stereocenters. The summed E-state index contributed by atoms with van der Waals surface area (Å²) in [5.41, 5.74) is 0. The van der Waals surface area contributed by atoms with Crippen LogP contribution in [0, 0.1) is 0 Å². The van der Waals surface area contributed by atoms with E-state index >= 15 is 0 Å². The molecule has 4 rings (SSSR count). The zero-order valence-electron chi connectivity index (χ0n) is 14.5. The summed E-state index contributed by atoms with van der Waals surface area (Å²) in [6.45, 7) is 0. The van der Waals surface area contributed by atoms with Crippen LogP contribution in [0.25, 0.3) is 0 Å². The van der Waals surface area contributed by atoms with E-state index in [0.717, 1.165) is 0 Å². The van der Waals surface area contributed by atoms with E-state index in [0.29, 0.717) is 0 Å². The fourth-order valence-corrected chi connectivity index (χ4v) is 8.52. The molecular weight excluding hydrogens is 379 g/mol. The van der Waals surface area contributed by atoms with Gasteiger partial charge in [0.2, 0.25) is 0 Å². The van der Waals surface area contributed by atoms with Crippen LogP contribution in [0.1, 0.15) is 0 Å². The van der Waals surface area contributed by atoms with Gasteiger partial charge < -0.3 is 0 Å². The van der Waals surface area contributed by atoms with E-state index in [4.69, 9.17) is 0 Å². The Balaban J connectivity index is 0.00000131. The molecular formula is C24H24ClMgP. The van der Waals surface area contributed by atoms with Gasteiger partial charge in [0.05, 0.1) is 0 Å². The molecule has 0 saturated carbocycles. The predicted molar refractivity (Wildman–Crippen MR) is 128 cm³/mol. The van der Waals surface area contributed by atoms with Gasteiger partial charge in [-0.2, -0.15) is 0 Å². The van der Waals surface area contributed by atoms with Gasteiger partial charge in [0.1, 0.15) is 0 Å². The van der Waals surface area contributed by atoms with E-state index < -0.39 is 7.26 Å². The van der Waals surface area contributed by atoms with Gasteiger partial charge in [-0.1, -0.05) is 0 Å². The van der Waals surface area contributed by atoms with Crippen molar-refractivity contribution in [2.24, 2.45) is 0 Å². The van der Waals surface area contributed by atoms with Gasteiger partial charge in [0.25, 0.3) is 0 Å². The molecule has 0 bridgehead atoms. The molecule has 0 amide bonds. The number of rotatable bonds is 4. The van der Waals surface area contributed by atoms with Crippen LogP contribution in [0.2, 0.25) is 0 Å². The average molecular weight is 403 g/mol. The van der Waals surface area contributed by atoms with Gasteiger partial charge in [-0.15, -0.1) is 12.4 Å². The second-order valence-electron chi connectivity index (χ2n) is 6.21. The van der Waals surface area contributed by atoms with Gasteiger partial charge in [0.15, 0.2) is 0 Å². The minimum atomic E-state index is -2.30. The van der Waals surface area contributed by atoms with E-state index in [1.54, 1.807) is 0 Å². The van der Waals surface area contributed by atoms with Gasteiger partial charge in [-0.05, 0) is 0 Å². The van der Waals surface area contributed by atoms with Crippen molar-refractivity contribution >= 4 is 63.9 Å². The molecule has 0 saturated heterocycles. The zero-order chi connectivity index (χ0) is 17.0. The molecule has 0 aromatic heterocycles. The van der Waals surface area contributed by atoms with Crippen LogP contribution < -0.4 is 21.2 Å². The molecule has 0 radical (unpaired) electrons. The SMILES string of the molecule is Cl.[MgH2].c1ccc([PH](c2ccccc2)(c2ccccc2)c2ccccc2)cc1. The van der Waals surface area contributed by atoms with Crippen LogP contribution in [0.4, 0.5) is 0 Å².